The molecule has 0 bridgehead atoms. The highest BCUT2D eigenvalue weighted by Crippen LogP contribution is 2.18. The third-order valence-corrected chi connectivity index (χ3v) is 3.83. The minimum atomic E-state index is -0.832. The number of piperidine rings is 1. The van der Waals surface area contributed by atoms with Crippen LogP contribution in [0.1, 0.15) is 25.7 Å². The maximum atomic E-state index is 12.2. The largest absolute Gasteiger partial charge is 0.481 e. The summed E-state index contributed by atoms with van der Waals surface area (Å²) in [6.07, 6.45) is 2.71. The van der Waals surface area contributed by atoms with E-state index in [4.69, 9.17) is 9.84 Å². The summed E-state index contributed by atoms with van der Waals surface area (Å²) in [6.45, 7) is 3.46. The van der Waals surface area contributed by atoms with Crippen molar-refractivity contribution in [2.75, 3.05) is 32.8 Å². The molecule has 2 aliphatic rings. The predicted octanol–water partition coefficient (Wildman–Crippen LogP) is 0.0782. The molecule has 0 aromatic heterocycles. The molecule has 0 aromatic carbocycles. The normalized spacial score (nSPS) is 24.6. The van der Waals surface area contributed by atoms with Crippen LogP contribution >= 0.6 is 0 Å². The molecule has 19 heavy (non-hydrogen) atoms. The number of likely N-dealkylation sites (tertiary alicyclic amines) is 1. The van der Waals surface area contributed by atoms with Gasteiger partial charge in [0.25, 0.3) is 0 Å². The van der Waals surface area contributed by atoms with Gasteiger partial charge in [-0.05, 0) is 25.8 Å². The topological polar surface area (TPSA) is 78.9 Å². The number of ether oxygens (including phenoxy) is 1. The van der Waals surface area contributed by atoms with E-state index in [2.05, 4.69) is 5.32 Å². The number of nitrogens with one attached hydrogen (secondary N) is 1. The molecule has 1 atom stereocenters. The van der Waals surface area contributed by atoms with Crippen molar-refractivity contribution in [3.8, 4) is 0 Å². The summed E-state index contributed by atoms with van der Waals surface area (Å²) in [5.41, 5.74) is 0. The molecular formula is C13H22N2O4. The SMILES string of the molecule is O=C(O)CCOC1CCN(C(=O)C2CCNC2)CC1. The number of carbonyl (C=O) groups is 2. The van der Waals surface area contributed by atoms with Gasteiger partial charge in [-0.15, -0.1) is 0 Å². The molecule has 0 saturated carbocycles. The van der Waals surface area contributed by atoms with Gasteiger partial charge in [0.2, 0.25) is 5.91 Å². The summed E-state index contributed by atoms with van der Waals surface area (Å²) < 4.78 is 5.52. The average Bonchev–Trinajstić information content (AvgIpc) is 2.92. The van der Waals surface area contributed by atoms with Crippen molar-refractivity contribution >= 4 is 11.9 Å². The van der Waals surface area contributed by atoms with E-state index in [0.717, 1.165) is 45.4 Å². The Morgan fingerprint density at radius 2 is 2.00 bits per heavy atom. The Morgan fingerprint density at radius 1 is 1.26 bits per heavy atom. The Bertz CT molecular complexity index is 321. The van der Waals surface area contributed by atoms with Crippen molar-refractivity contribution in [2.24, 2.45) is 5.92 Å². The summed E-state index contributed by atoms with van der Waals surface area (Å²) in [4.78, 5) is 24.5. The zero-order valence-corrected chi connectivity index (χ0v) is 11.1. The molecule has 108 valence electrons. The highest BCUT2D eigenvalue weighted by atomic mass is 16.5. The van der Waals surface area contributed by atoms with Gasteiger partial charge in [-0.2, -0.15) is 0 Å². The molecule has 2 rings (SSSR count). The molecule has 6 heteroatoms. The number of carboxylic acids is 1. The summed E-state index contributed by atoms with van der Waals surface area (Å²) in [7, 11) is 0. The van der Waals surface area contributed by atoms with Crippen LogP contribution in [0.15, 0.2) is 0 Å². The fourth-order valence-electron chi connectivity index (χ4n) is 2.68. The van der Waals surface area contributed by atoms with E-state index < -0.39 is 5.97 Å². The van der Waals surface area contributed by atoms with Crippen LogP contribution in [-0.2, 0) is 14.3 Å². The first-order valence-corrected chi connectivity index (χ1v) is 6.99. The molecule has 6 nitrogen and oxygen atoms in total. The molecule has 2 N–H and O–H groups in total. The quantitative estimate of drug-likeness (QED) is 0.739. The Kier molecular flexibility index (Phi) is 5.15. The third-order valence-electron chi connectivity index (χ3n) is 3.83. The van der Waals surface area contributed by atoms with Crippen molar-refractivity contribution in [3.05, 3.63) is 0 Å². The number of carboxylic acid groups (broad SMARTS) is 1. The smallest absolute Gasteiger partial charge is 0.305 e. The molecule has 2 heterocycles. The number of rotatable bonds is 5. The van der Waals surface area contributed by atoms with E-state index in [1.807, 2.05) is 4.90 Å². The van der Waals surface area contributed by atoms with Gasteiger partial charge in [0.15, 0.2) is 0 Å². The van der Waals surface area contributed by atoms with E-state index in [1.54, 1.807) is 0 Å². The molecule has 2 fully saturated rings. The van der Waals surface area contributed by atoms with E-state index in [9.17, 15) is 9.59 Å². The maximum Gasteiger partial charge on any atom is 0.305 e. The van der Waals surface area contributed by atoms with Gasteiger partial charge in [-0.25, -0.2) is 0 Å². The van der Waals surface area contributed by atoms with E-state index in [1.165, 1.54) is 0 Å². The van der Waals surface area contributed by atoms with E-state index >= 15 is 0 Å². The number of aliphatic carboxylic acids is 1. The second kappa shape index (κ2) is 6.86. The lowest BCUT2D eigenvalue weighted by Crippen LogP contribution is -2.44. The second-order valence-corrected chi connectivity index (χ2v) is 5.23. The number of hydrogen-bond donors (Lipinski definition) is 2. The summed E-state index contributed by atoms with van der Waals surface area (Å²) >= 11 is 0. The number of carbonyl (C=O) groups excluding carboxylic acids is 1. The highest BCUT2D eigenvalue weighted by Gasteiger charge is 2.30. The van der Waals surface area contributed by atoms with Gasteiger partial charge in [0.1, 0.15) is 0 Å². The van der Waals surface area contributed by atoms with Gasteiger partial charge in [0.05, 0.1) is 25.0 Å². The minimum Gasteiger partial charge on any atom is -0.481 e. The Balaban J connectivity index is 1.67. The second-order valence-electron chi connectivity index (χ2n) is 5.23. The third kappa shape index (κ3) is 4.18. The van der Waals surface area contributed by atoms with Crippen LogP contribution < -0.4 is 5.32 Å². The Morgan fingerprint density at radius 3 is 2.58 bits per heavy atom. The van der Waals surface area contributed by atoms with Crippen LogP contribution in [0.25, 0.3) is 0 Å². The molecule has 0 aliphatic carbocycles. The summed E-state index contributed by atoms with van der Waals surface area (Å²) in [6, 6.07) is 0. The molecule has 1 amide bonds. The Labute approximate surface area is 113 Å². The van der Waals surface area contributed by atoms with E-state index in [0.29, 0.717) is 0 Å². The maximum absolute atomic E-state index is 12.2. The minimum absolute atomic E-state index is 0.0485. The standard InChI is InChI=1S/C13H22N2O4/c16-12(17)4-8-19-11-2-6-15(7-3-11)13(18)10-1-5-14-9-10/h10-11,14H,1-9H2,(H,16,17). The van der Waals surface area contributed by atoms with Gasteiger partial charge in [-0.1, -0.05) is 0 Å². The molecule has 2 aliphatic heterocycles. The zero-order chi connectivity index (χ0) is 13.7. The summed E-state index contributed by atoms with van der Waals surface area (Å²) in [5.74, 6) is -0.431. The van der Waals surface area contributed by atoms with Crippen LogP contribution in [0, 0.1) is 5.92 Å². The molecule has 1 unspecified atom stereocenters. The number of hydrogen-bond acceptors (Lipinski definition) is 4. The number of amides is 1. The molecular weight excluding hydrogens is 248 g/mol. The van der Waals surface area contributed by atoms with Gasteiger partial charge in [-0.3, -0.25) is 9.59 Å². The molecule has 0 radical (unpaired) electrons. The fourth-order valence-corrected chi connectivity index (χ4v) is 2.68. The van der Waals surface area contributed by atoms with Crippen molar-refractivity contribution < 1.29 is 19.4 Å². The predicted molar refractivity (Wildman–Crippen MR) is 68.8 cm³/mol. The van der Waals surface area contributed by atoms with Crippen molar-refractivity contribution in [1.82, 2.24) is 10.2 Å². The van der Waals surface area contributed by atoms with Crippen molar-refractivity contribution in [3.63, 3.8) is 0 Å². The van der Waals surface area contributed by atoms with Gasteiger partial charge >= 0.3 is 5.97 Å². The zero-order valence-electron chi connectivity index (χ0n) is 11.1. The monoisotopic (exact) mass is 270 g/mol. The van der Waals surface area contributed by atoms with Gasteiger partial charge in [0, 0.05) is 19.6 Å². The molecule has 2 saturated heterocycles. The van der Waals surface area contributed by atoms with Crippen LogP contribution in [0.4, 0.5) is 0 Å². The Hall–Kier alpha value is -1.14. The molecule has 0 spiro atoms. The van der Waals surface area contributed by atoms with Crippen LogP contribution in [0.2, 0.25) is 0 Å². The fraction of sp³-hybridized carbons (Fsp3) is 0.846. The van der Waals surface area contributed by atoms with E-state index in [-0.39, 0.29) is 31.0 Å². The first-order chi connectivity index (χ1) is 9.16. The first-order valence-electron chi connectivity index (χ1n) is 6.99. The first kappa shape index (κ1) is 14.3. The summed E-state index contributed by atoms with van der Waals surface area (Å²) in [5, 5.41) is 11.8. The lowest BCUT2D eigenvalue weighted by Gasteiger charge is -2.33. The highest BCUT2D eigenvalue weighted by molar-refractivity contribution is 5.79. The van der Waals surface area contributed by atoms with Crippen molar-refractivity contribution in [1.29, 1.82) is 0 Å². The lowest BCUT2D eigenvalue weighted by molar-refractivity contribution is -0.139. The number of nitrogens with zero attached hydrogens (tertiary/aromatic N) is 1. The van der Waals surface area contributed by atoms with Crippen LogP contribution in [0.5, 0.6) is 0 Å². The van der Waals surface area contributed by atoms with Crippen LogP contribution in [0.3, 0.4) is 0 Å². The van der Waals surface area contributed by atoms with Crippen LogP contribution in [-0.4, -0.2) is 60.8 Å². The van der Waals surface area contributed by atoms with Gasteiger partial charge < -0.3 is 20.1 Å². The van der Waals surface area contributed by atoms with Crippen molar-refractivity contribution in [2.45, 2.75) is 31.8 Å². The lowest BCUT2D eigenvalue weighted by atomic mass is 10.0. The average molecular weight is 270 g/mol. The molecule has 0 aromatic rings.